The molecule has 1 aromatic heterocycles. The maximum atomic E-state index is 13.7. The summed E-state index contributed by atoms with van der Waals surface area (Å²) in [6.07, 6.45) is 7.17. The van der Waals surface area contributed by atoms with Crippen LogP contribution in [0.1, 0.15) is 59.4 Å². The molecule has 0 spiro atoms. The van der Waals surface area contributed by atoms with Crippen LogP contribution in [-0.2, 0) is 18.3 Å². The number of nitrogens with one attached hydrogen (secondary N) is 2. The van der Waals surface area contributed by atoms with Gasteiger partial charge in [-0.2, -0.15) is 5.10 Å². The fourth-order valence-electron chi connectivity index (χ4n) is 4.28. The molecule has 0 saturated heterocycles. The molecule has 1 aromatic carbocycles. The third-order valence-electron chi connectivity index (χ3n) is 5.61. The third kappa shape index (κ3) is 2.62. The Morgan fingerprint density at radius 3 is 2.88 bits per heavy atom. The molecule has 2 aliphatic carbocycles. The summed E-state index contributed by atoms with van der Waals surface area (Å²) in [6, 6.07) is 6.82. The quantitative estimate of drug-likeness (QED) is 0.905. The molecule has 4 nitrogen and oxygen atoms in total. The van der Waals surface area contributed by atoms with Gasteiger partial charge in [-0.15, -0.1) is 0 Å². The molecular weight excluding hydrogens is 305 g/mol. The molecule has 24 heavy (non-hydrogen) atoms. The summed E-state index contributed by atoms with van der Waals surface area (Å²) in [7, 11) is 0. The topological polar surface area (TPSA) is 57.8 Å². The van der Waals surface area contributed by atoms with Crippen LogP contribution in [0.15, 0.2) is 24.3 Å². The molecule has 2 aliphatic rings. The van der Waals surface area contributed by atoms with Gasteiger partial charge >= 0.3 is 0 Å². The van der Waals surface area contributed by atoms with Crippen molar-refractivity contribution in [3.05, 3.63) is 52.6 Å². The zero-order valence-electron chi connectivity index (χ0n) is 13.7. The van der Waals surface area contributed by atoms with Gasteiger partial charge in [-0.25, -0.2) is 4.39 Å². The van der Waals surface area contributed by atoms with Gasteiger partial charge < -0.3 is 5.32 Å². The van der Waals surface area contributed by atoms with Gasteiger partial charge in [-0.3, -0.25) is 9.89 Å². The first-order valence-corrected chi connectivity index (χ1v) is 8.78. The SMILES string of the molecule is O=C(NCC1(c2cccc(F)c2)CCCC1)c1n[nH]c2c1CCC2. The maximum absolute atomic E-state index is 13.7. The molecule has 2 N–H and O–H groups in total. The number of hydrogen-bond acceptors (Lipinski definition) is 2. The van der Waals surface area contributed by atoms with E-state index >= 15 is 0 Å². The number of aromatic nitrogens is 2. The second-order valence-corrected chi connectivity index (χ2v) is 7.06. The first kappa shape index (κ1) is 15.4. The zero-order valence-corrected chi connectivity index (χ0v) is 13.7. The van der Waals surface area contributed by atoms with E-state index in [2.05, 4.69) is 15.5 Å². The number of nitrogens with zero attached hydrogens (tertiary/aromatic N) is 1. The van der Waals surface area contributed by atoms with Crippen LogP contribution in [0.4, 0.5) is 4.39 Å². The van der Waals surface area contributed by atoms with Gasteiger partial charge in [0.25, 0.3) is 5.91 Å². The number of H-pyrrole nitrogens is 1. The van der Waals surface area contributed by atoms with E-state index in [0.29, 0.717) is 12.2 Å². The van der Waals surface area contributed by atoms with Crippen LogP contribution >= 0.6 is 0 Å². The molecule has 0 unspecified atom stereocenters. The molecule has 1 saturated carbocycles. The minimum Gasteiger partial charge on any atom is -0.350 e. The Morgan fingerprint density at radius 1 is 1.25 bits per heavy atom. The van der Waals surface area contributed by atoms with E-state index in [4.69, 9.17) is 0 Å². The van der Waals surface area contributed by atoms with Crippen molar-refractivity contribution < 1.29 is 9.18 Å². The normalized spacial score (nSPS) is 18.5. The predicted octanol–water partition coefficient (Wildman–Crippen LogP) is 3.28. The van der Waals surface area contributed by atoms with Crippen LogP contribution in [0.3, 0.4) is 0 Å². The number of amides is 1. The number of aromatic amines is 1. The highest BCUT2D eigenvalue weighted by molar-refractivity contribution is 5.94. The van der Waals surface area contributed by atoms with Gasteiger partial charge in [0.1, 0.15) is 5.82 Å². The number of rotatable bonds is 4. The molecule has 0 radical (unpaired) electrons. The molecule has 0 bridgehead atoms. The molecular formula is C19H22FN3O. The van der Waals surface area contributed by atoms with Crippen molar-refractivity contribution in [2.24, 2.45) is 0 Å². The number of aryl methyl sites for hydroxylation is 1. The number of carbonyl (C=O) groups excluding carboxylic acids is 1. The van der Waals surface area contributed by atoms with E-state index in [1.807, 2.05) is 6.07 Å². The number of benzene rings is 1. The minimum absolute atomic E-state index is 0.114. The second kappa shape index (κ2) is 6.04. The summed E-state index contributed by atoms with van der Waals surface area (Å²) >= 11 is 0. The third-order valence-corrected chi connectivity index (χ3v) is 5.61. The van der Waals surface area contributed by atoms with Crippen LogP contribution in [0.25, 0.3) is 0 Å². The van der Waals surface area contributed by atoms with Crippen molar-refractivity contribution in [1.82, 2.24) is 15.5 Å². The van der Waals surface area contributed by atoms with E-state index < -0.39 is 0 Å². The second-order valence-electron chi connectivity index (χ2n) is 7.06. The van der Waals surface area contributed by atoms with Crippen molar-refractivity contribution in [1.29, 1.82) is 0 Å². The van der Waals surface area contributed by atoms with Gasteiger partial charge in [-0.05, 0) is 49.8 Å². The Hall–Kier alpha value is -2.17. The zero-order chi connectivity index (χ0) is 16.6. The molecule has 0 atom stereocenters. The van der Waals surface area contributed by atoms with E-state index in [1.54, 1.807) is 12.1 Å². The lowest BCUT2D eigenvalue weighted by Gasteiger charge is -2.30. The summed E-state index contributed by atoms with van der Waals surface area (Å²) in [6.45, 7) is 0.539. The highest BCUT2D eigenvalue weighted by Crippen LogP contribution is 2.40. The summed E-state index contributed by atoms with van der Waals surface area (Å²) in [5, 5.41) is 10.3. The fourth-order valence-corrected chi connectivity index (χ4v) is 4.28. The first-order chi connectivity index (χ1) is 11.7. The van der Waals surface area contributed by atoms with Gasteiger partial charge in [0, 0.05) is 23.2 Å². The van der Waals surface area contributed by atoms with Crippen molar-refractivity contribution in [3.63, 3.8) is 0 Å². The summed E-state index contributed by atoms with van der Waals surface area (Å²) in [5.41, 5.74) is 3.54. The van der Waals surface area contributed by atoms with Crippen LogP contribution in [-0.4, -0.2) is 22.6 Å². The number of fused-ring (bicyclic) bond motifs is 1. The van der Waals surface area contributed by atoms with Gasteiger partial charge in [0.05, 0.1) is 0 Å². The van der Waals surface area contributed by atoms with E-state index in [1.165, 1.54) is 6.07 Å². The Kier molecular flexibility index (Phi) is 3.87. The molecule has 1 heterocycles. The Morgan fingerprint density at radius 2 is 2.08 bits per heavy atom. The molecule has 0 aliphatic heterocycles. The predicted molar refractivity (Wildman–Crippen MR) is 89.5 cm³/mol. The molecule has 4 rings (SSSR count). The average Bonchev–Trinajstić information content (AvgIpc) is 3.29. The number of carbonyl (C=O) groups is 1. The van der Waals surface area contributed by atoms with Gasteiger partial charge in [0.2, 0.25) is 0 Å². The lowest BCUT2D eigenvalue weighted by atomic mass is 9.78. The monoisotopic (exact) mass is 327 g/mol. The molecule has 5 heteroatoms. The fraction of sp³-hybridized carbons (Fsp3) is 0.474. The summed E-state index contributed by atoms with van der Waals surface area (Å²) in [4.78, 5) is 12.6. The van der Waals surface area contributed by atoms with E-state index in [0.717, 1.165) is 61.8 Å². The van der Waals surface area contributed by atoms with Gasteiger partial charge in [-0.1, -0.05) is 25.0 Å². The standard InChI is InChI=1S/C19H22FN3O/c20-14-6-3-5-13(11-14)19(9-1-2-10-19)12-21-18(24)17-15-7-4-8-16(15)22-23-17/h3,5-6,11H,1-2,4,7-10,12H2,(H,21,24)(H,22,23). The van der Waals surface area contributed by atoms with Crippen LogP contribution in [0.2, 0.25) is 0 Å². The summed E-state index contributed by atoms with van der Waals surface area (Å²) in [5.74, 6) is -0.327. The molecule has 1 fully saturated rings. The maximum Gasteiger partial charge on any atom is 0.272 e. The molecule has 2 aromatic rings. The number of halogens is 1. The van der Waals surface area contributed by atoms with Crippen LogP contribution < -0.4 is 5.32 Å². The number of hydrogen-bond donors (Lipinski definition) is 2. The van der Waals surface area contributed by atoms with Crippen molar-refractivity contribution in [2.45, 2.75) is 50.4 Å². The van der Waals surface area contributed by atoms with E-state index in [9.17, 15) is 9.18 Å². The smallest absolute Gasteiger partial charge is 0.272 e. The van der Waals surface area contributed by atoms with Crippen LogP contribution in [0, 0.1) is 5.82 Å². The van der Waals surface area contributed by atoms with Crippen LogP contribution in [0.5, 0.6) is 0 Å². The molecule has 126 valence electrons. The van der Waals surface area contributed by atoms with E-state index in [-0.39, 0.29) is 17.1 Å². The lowest BCUT2D eigenvalue weighted by molar-refractivity contribution is 0.0937. The molecule has 1 amide bonds. The minimum atomic E-state index is -0.213. The largest absolute Gasteiger partial charge is 0.350 e. The highest BCUT2D eigenvalue weighted by Gasteiger charge is 2.36. The summed E-state index contributed by atoms with van der Waals surface area (Å²) < 4.78 is 13.7. The lowest BCUT2D eigenvalue weighted by Crippen LogP contribution is -2.39. The van der Waals surface area contributed by atoms with Gasteiger partial charge in [0.15, 0.2) is 5.69 Å². The average molecular weight is 327 g/mol. The van der Waals surface area contributed by atoms with Crippen molar-refractivity contribution in [2.75, 3.05) is 6.54 Å². The first-order valence-electron chi connectivity index (χ1n) is 8.78. The Balaban J connectivity index is 1.53. The van der Waals surface area contributed by atoms with Crippen molar-refractivity contribution in [3.8, 4) is 0 Å². The van der Waals surface area contributed by atoms with Crippen molar-refractivity contribution >= 4 is 5.91 Å². The Bertz CT molecular complexity index is 762. The Labute approximate surface area is 140 Å². The highest BCUT2D eigenvalue weighted by atomic mass is 19.1.